The molecule has 0 unspecified atom stereocenters. The van der Waals surface area contributed by atoms with Gasteiger partial charge in [-0.2, -0.15) is 13.9 Å². The molecular formula is C36H46F3N7O4. The van der Waals surface area contributed by atoms with Gasteiger partial charge >= 0.3 is 5.92 Å². The molecule has 1 aliphatic carbocycles. The van der Waals surface area contributed by atoms with Gasteiger partial charge in [0.05, 0.1) is 17.4 Å². The maximum atomic E-state index is 15.8. The van der Waals surface area contributed by atoms with Crippen LogP contribution in [-0.4, -0.2) is 88.9 Å². The predicted octanol–water partition coefficient (Wildman–Crippen LogP) is 4.44. The number of aromatic nitrogens is 2. The highest BCUT2D eigenvalue weighted by atomic mass is 19.3. The van der Waals surface area contributed by atoms with E-state index in [9.17, 15) is 19.2 Å². The Labute approximate surface area is 289 Å². The van der Waals surface area contributed by atoms with Crippen LogP contribution in [0.15, 0.2) is 42.6 Å². The standard InChI is InChI=1S/C36H46F3N7O4/c1-5-29(47)42-31(33(49)46-17-15-45(4)16-18-46)35(2,3)24-11-14-28(26(37)20-24)41-32(48)30(22-9-7-6-8-10-22)43-34(50)36(38,39)25-12-13-27-23(19-25)21-40-44-27/h11-14,19-22,30-31H,5-10,15-18H2,1-4H3,(H,40,44)(H,41,48)(H,42,47)(H,43,50)/t30-,31-/m0/s1. The number of nitrogens with zero attached hydrogens (tertiary/aromatic N) is 3. The Bertz CT molecular complexity index is 1710. The van der Waals surface area contributed by atoms with E-state index in [1.54, 1.807) is 31.7 Å². The number of H-pyrrole nitrogens is 1. The van der Waals surface area contributed by atoms with Crippen LogP contribution in [0, 0.1) is 11.7 Å². The highest BCUT2D eigenvalue weighted by Gasteiger charge is 2.45. The van der Waals surface area contributed by atoms with Crippen LogP contribution in [-0.2, 0) is 30.5 Å². The zero-order chi connectivity index (χ0) is 36.2. The zero-order valence-electron chi connectivity index (χ0n) is 29.0. The summed E-state index contributed by atoms with van der Waals surface area (Å²) in [6.45, 7) is 7.53. The van der Waals surface area contributed by atoms with Gasteiger partial charge in [0.1, 0.15) is 17.9 Å². The van der Waals surface area contributed by atoms with Crippen LogP contribution in [0.25, 0.3) is 10.9 Å². The van der Waals surface area contributed by atoms with E-state index in [1.807, 2.05) is 7.05 Å². The molecule has 0 bridgehead atoms. The predicted molar refractivity (Wildman–Crippen MR) is 183 cm³/mol. The SMILES string of the molecule is CCC(=O)N[C@@H](C(=O)N1CCN(C)CC1)C(C)(C)c1ccc(NC(=O)[C@@H](NC(=O)C(F)(F)c2ccc3[nH]ncc3c2)C2CCCCC2)c(F)c1. The van der Waals surface area contributed by atoms with Gasteiger partial charge < -0.3 is 25.8 Å². The van der Waals surface area contributed by atoms with Gasteiger partial charge in [0.15, 0.2) is 0 Å². The molecule has 1 aliphatic heterocycles. The average molecular weight is 698 g/mol. The van der Waals surface area contributed by atoms with Gasteiger partial charge in [-0.3, -0.25) is 24.3 Å². The topological polar surface area (TPSA) is 140 Å². The number of fused-ring (bicyclic) bond motifs is 1. The van der Waals surface area contributed by atoms with Gasteiger partial charge in [-0.1, -0.05) is 52.2 Å². The first kappa shape index (κ1) is 36.8. The molecule has 2 aromatic carbocycles. The number of hydrogen-bond donors (Lipinski definition) is 4. The Balaban J connectivity index is 1.35. The Hall–Kier alpha value is -4.46. The quantitative estimate of drug-likeness (QED) is 0.234. The number of aromatic amines is 1. The summed E-state index contributed by atoms with van der Waals surface area (Å²) in [4.78, 5) is 56.9. The van der Waals surface area contributed by atoms with E-state index in [0.29, 0.717) is 55.5 Å². The van der Waals surface area contributed by atoms with Crippen LogP contribution in [0.3, 0.4) is 0 Å². The number of carbonyl (C=O) groups excluding carboxylic acids is 4. The maximum Gasteiger partial charge on any atom is 0.349 e. The van der Waals surface area contributed by atoms with Crippen LogP contribution in [0.2, 0.25) is 0 Å². The molecule has 0 radical (unpaired) electrons. The summed E-state index contributed by atoms with van der Waals surface area (Å²) in [5.41, 5.74) is -0.873. The molecule has 2 fully saturated rings. The lowest BCUT2D eigenvalue weighted by atomic mass is 9.76. The second-order valence-corrected chi connectivity index (χ2v) is 14.0. The smallest absolute Gasteiger partial charge is 0.343 e. The van der Waals surface area contributed by atoms with Crippen molar-refractivity contribution in [1.29, 1.82) is 0 Å². The van der Waals surface area contributed by atoms with Crippen LogP contribution >= 0.6 is 0 Å². The monoisotopic (exact) mass is 697 g/mol. The fourth-order valence-corrected chi connectivity index (χ4v) is 6.78. The number of alkyl halides is 2. The maximum absolute atomic E-state index is 15.8. The second-order valence-electron chi connectivity index (χ2n) is 14.0. The van der Waals surface area contributed by atoms with Gasteiger partial charge in [0.25, 0.3) is 5.91 Å². The summed E-state index contributed by atoms with van der Waals surface area (Å²) in [5.74, 6) is -8.23. The Morgan fingerprint density at radius 1 is 0.960 bits per heavy atom. The number of benzene rings is 2. The molecule has 2 heterocycles. The lowest BCUT2D eigenvalue weighted by Gasteiger charge is -2.40. The minimum absolute atomic E-state index is 0.159. The van der Waals surface area contributed by atoms with Gasteiger partial charge in [-0.25, -0.2) is 4.39 Å². The van der Waals surface area contributed by atoms with Crippen molar-refractivity contribution in [2.45, 2.75) is 82.7 Å². The van der Waals surface area contributed by atoms with Crippen molar-refractivity contribution in [3.05, 3.63) is 59.5 Å². The first-order valence-electron chi connectivity index (χ1n) is 17.2. The normalized spacial score (nSPS) is 17.6. The largest absolute Gasteiger partial charge is 0.349 e. The third-order valence-electron chi connectivity index (χ3n) is 10.2. The molecule has 1 saturated carbocycles. The number of rotatable bonds is 11. The third-order valence-corrected chi connectivity index (χ3v) is 10.2. The lowest BCUT2D eigenvalue weighted by molar-refractivity contribution is -0.149. The van der Waals surface area contributed by atoms with Crippen LogP contribution in [0.5, 0.6) is 0 Å². The van der Waals surface area contributed by atoms with Crippen molar-refractivity contribution in [1.82, 2.24) is 30.6 Å². The molecular weight excluding hydrogens is 651 g/mol. The summed E-state index contributed by atoms with van der Waals surface area (Å²) in [6.07, 6.45) is 5.05. The van der Waals surface area contributed by atoms with E-state index in [-0.39, 0.29) is 23.9 Å². The molecule has 14 heteroatoms. The molecule has 2 aliphatic rings. The fraction of sp³-hybridized carbons (Fsp3) is 0.528. The molecule has 11 nitrogen and oxygen atoms in total. The van der Waals surface area contributed by atoms with Gasteiger partial charge in [-0.15, -0.1) is 0 Å². The summed E-state index contributed by atoms with van der Waals surface area (Å²) in [5, 5.41) is 14.6. The molecule has 1 aromatic heterocycles. The van der Waals surface area contributed by atoms with Crippen LogP contribution < -0.4 is 16.0 Å². The second kappa shape index (κ2) is 15.2. The number of nitrogens with one attached hydrogen (secondary N) is 4. The summed E-state index contributed by atoms with van der Waals surface area (Å²) in [7, 11) is 1.97. The summed E-state index contributed by atoms with van der Waals surface area (Å²) < 4.78 is 46.8. The summed E-state index contributed by atoms with van der Waals surface area (Å²) >= 11 is 0. The number of anilines is 1. The Morgan fingerprint density at radius 3 is 2.30 bits per heavy atom. The fourth-order valence-electron chi connectivity index (χ4n) is 6.78. The van der Waals surface area contributed by atoms with Crippen LogP contribution in [0.4, 0.5) is 18.9 Å². The first-order chi connectivity index (χ1) is 23.7. The van der Waals surface area contributed by atoms with E-state index in [2.05, 4.69) is 31.0 Å². The number of halogens is 3. The molecule has 3 aromatic rings. The number of likely N-dealkylation sites (N-methyl/N-ethyl adjacent to an activating group) is 1. The molecule has 4 N–H and O–H groups in total. The minimum atomic E-state index is -3.96. The third kappa shape index (κ3) is 7.95. The molecule has 1 saturated heterocycles. The van der Waals surface area contributed by atoms with E-state index in [1.165, 1.54) is 30.5 Å². The van der Waals surface area contributed by atoms with Crippen molar-refractivity contribution in [3.8, 4) is 0 Å². The van der Waals surface area contributed by atoms with Crippen molar-refractivity contribution >= 4 is 40.2 Å². The lowest BCUT2D eigenvalue weighted by Crippen LogP contribution is -2.60. The first-order valence-corrected chi connectivity index (χ1v) is 17.2. The van der Waals surface area contributed by atoms with Crippen molar-refractivity contribution in [2.75, 3.05) is 38.5 Å². The Kier molecular flexibility index (Phi) is 11.2. The van der Waals surface area contributed by atoms with Gasteiger partial charge in [0.2, 0.25) is 17.7 Å². The van der Waals surface area contributed by atoms with E-state index in [0.717, 1.165) is 25.3 Å². The average Bonchev–Trinajstić information content (AvgIpc) is 3.58. The molecule has 0 spiro atoms. The number of carbonyl (C=O) groups is 4. The number of piperazine rings is 1. The van der Waals surface area contributed by atoms with Crippen molar-refractivity contribution in [3.63, 3.8) is 0 Å². The number of hydrogen-bond acceptors (Lipinski definition) is 6. The molecule has 270 valence electrons. The highest BCUT2D eigenvalue weighted by molar-refractivity contribution is 5.99. The van der Waals surface area contributed by atoms with Crippen LogP contribution in [0.1, 0.15) is 70.4 Å². The van der Waals surface area contributed by atoms with Crippen molar-refractivity contribution < 1.29 is 32.3 Å². The molecule has 4 amide bonds. The highest BCUT2D eigenvalue weighted by Crippen LogP contribution is 2.34. The minimum Gasteiger partial charge on any atom is -0.343 e. The van der Waals surface area contributed by atoms with Gasteiger partial charge in [0, 0.05) is 49.0 Å². The van der Waals surface area contributed by atoms with E-state index < -0.39 is 52.5 Å². The zero-order valence-corrected chi connectivity index (χ0v) is 29.0. The molecule has 2 atom stereocenters. The number of amides is 4. The Morgan fingerprint density at radius 2 is 1.64 bits per heavy atom. The van der Waals surface area contributed by atoms with E-state index in [4.69, 9.17) is 0 Å². The molecule has 50 heavy (non-hydrogen) atoms. The van der Waals surface area contributed by atoms with E-state index >= 15 is 13.2 Å². The van der Waals surface area contributed by atoms with Crippen molar-refractivity contribution in [2.24, 2.45) is 5.92 Å². The molecule has 5 rings (SSSR count). The summed E-state index contributed by atoms with van der Waals surface area (Å²) in [6, 6.07) is 5.49. The van der Waals surface area contributed by atoms with Gasteiger partial charge in [-0.05, 0) is 55.6 Å².